The molecule has 0 aliphatic rings. The predicted molar refractivity (Wildman–Crippen MR) is 35.8 cm³/mol. The maximum absolute atomic E-state index is 9.74. The van der Waals surface area contributed by atoms with Gasteiger partial charge in [0.25, 0.3) is 6.47 Å². The maximum Gasteiger partial charge on any atom is 3.00 e. The summed E-state index contributed by atoms with van der Waals surface area (Å²) in [5, 5.41) is 0. The van der Waals surface area contributed by atoms with Gasteiger partial charge in [-0.3, -0.25) is 4.79 Å². The van der Waals surface area contributed by atoms with Crippen molar-refractivity contribution in [2.75, 3.05) is 0 Å². The van der Waals surface area contributed by atoms with Crippen molar-refractivity contribution in [2.24, 2.45) is 0 Å². The van der Waals surface area contributed by atoms with E-state index in [1.165, 1.54) is 0 Å². The number of carbonyl (C=O) groups is 1. The molecule has 0 aromatic heterocycles. The van der Waals surface area contributed by atoms with Crippen molar-refractivity contribution in [3.63, 3.8) is 0 Å². The quantitative estimate of drug-likeness (QED) is 0.517. The van der Waals surface area contributed by atoms with E-state index in [9.17, 15) is 4.79 Å². The smallest absolute Gasteiger partial charge is 0.468 e. The summed E-state index contributed by atoms with van der Waals surface area (Å²) in [5.41, 5.74) is 0. The van der Waals surface area contributed by atoms with E-state index in [0.29, 0.717) is 6.47 Å². The summed E-state index contributed by atoms with van der Waals surface area (Å²) < 4.78 is 4.63. The third kappa shape index (κ3) is 8.57. The van der Waals surface area contributed by atoms with Crippen LogP contribution in [0.1, 0.15) is 26.7 Å². The van der Waals surface area contributed by atoms with Gasteiger partial charge in [-0.15, -0.1) is 6.42 Å². The van der Waals surface area contributed by atoms with Crippen molar-refractivity contribution >= 4 is 6.47 Å². The summed E-state index contributed by atoms with van der Waals surface area (Å²) >= 11 is 0. The van der Waals surface area contributed by atoms with Gasteiger partial charge >= 0.3 is 32.7 Å². The molecule has 0 fully saturated rings. The van der Waals surface area contributed by atoms with Crippen LogP contribution in [0.2, 0.25) is 0 Å². The second kappa shape index (κ2) is 9.57. The van der Waals surface area contributed by atoms with Gasteiger partial charge in [0.2, 0.25) is 0 Å². The monoisotopic (exact) mass is 218 g/mol. The molecule has 0 amide bonds. The Labute approximate surface area is 87.6 Å². The van der Waals surface area contributed by atoms with Crippen molar-refractivity contribution < 1.29 is 42.2 Å². The fraction of sp³-hybridized carbons (Fsp3) is 0.714. The second-order valence-corrected chi connectivity index (χ2v) is 1.98. The molecule has 0 aromatic rings. The summed E-state index contributed by atoms with van der Waals surface area (Å²) in [5.74, 6) is 0. The van der Waals surface area contributed by atoms with E-state index < -0.39 is 0 Å². The van der Waals surface area contributed by atoms with Gasteiger partial charge in [0.15, 0.2) is 0 Å². The number of rotatable bonds is 5. The molecule has 0 aliphatic heterocycles. The predicted octanol–water partition coefficient (Wildman–Crippen LogP) is 1.55. The Balaban J connectivity index is 0. The minimum atomic E-state index is 0. The summed E-state index contributed by atoms with van der Waals surface area (Å²) in [7, 11) is 0. The Morgan fingerprint density at radius 3 is 2.70 bits per heavy atom. The van der Waals surface area contributed by atoms with Crippen LogP contribution in [0.25, 0.3) is 0 Å². The molecule has 0 heterocycles. The molecule has 3 heteroatoms. The van der Waals surface area contributed by atoms with Crippen molar-refractivity contribution in [3.8, 4) is 0 Å². The number of ether oxygens (including phenoxy) is 1. The van der Waals surface area contributed by atoms with E-state index in [0.717, 1.165) is 12.8 Å². The van der Waals surface area contributed by atoms with Gasteiger partial charge < -0.3 is 11.2 Å². The third-order valence-corrected chi connectivity index (χ3v) is 1.08. The zero-order chi connectivity index (χ0) is 7.11. The zero-order valence-corrected chi connectivity index (χ0v) is 9.38. The SMILES string of the molecule is CC[CH-]CC(C)OC=O.[Y+3]. The van der Waals surface area contributed by atoms with E-state index in [1.54, 1.807) is 0 Å². The van der Waals surface area contributed by atoms with Crippen molar-refractivity contribution in [3.05, 3.63) is 6.42 Å². The molecule has 0 N–H and O–H groups in total. The summed E-state index contributed by atoms with van der Waals surface area (Å²) in [6.45, 7) is 4.43. The van der Waals surface area contributed by atoms with E-state index in [-0.39, 0.29) is 38.8 Å². The Bertz CT molecular complexity index is 76.0. The molecule has 0 aromatic carbocycles. The van der Waals surface area contributed by atoms with Gasteiger partial charge in [0.1, 0.15) is 0 Å². The standard InChI is InChI=1S/C7H13O2.Y/c1-3-4-5-7(2)9-6-8;/h4,6-7H,3,5H2,1-2H3;/q-1;+3. The van der Waals surface area contributed by atoms with Crippen LogP contribution in [0.5, 0.6) is 0 Å². The van der Waals surface area contributed by atoms with Crippen LogP contribution >= 0.6 is 0 Å². The average Bonchev–Trinajstić information content (AvgIpc) is 1.85. The largest absolute Gasteiger partial charge is 3.00 e. The molecule has 0 spiro atoms. The first-order valence-corrected chi connectivity index (χ1v) is 3.22. The van der Waals surface area contributed by atoms with Crippen molar-refractivity contribution in [1.29, 1.82) is 0 Å². The molecule has 0 saturated heterocycles. The van der Waals surface area contributed by atoms with Gasteiger partial charge in [-0.25, -0.2) is 0 Å². The zero-order valence-electron chi connectivity index (χ0n) is 6.54. The third-order valence-electron chi connectivity index (χ3n) is 1.08. The molecule has 54 valence electrons. The van der Waals surface area contributed by atoms with E-state index >= 15 is 0 Å². The van der Waals surface area contributed by atoms with Crippen molar-refractivity contribution in [1.82, 2.24) is 0 Å². The fourth-order valence-electron chi connectivity index (χ4n) is 0.552. The fourth-order valence-corrected chi connectivity index (χ4v) is 0.552. The molecule has 2 nitrogen and oxygen atoms in total. The molecule has 0 bridgehead atoms. The van der Waals surface area contributed by atoms with Crippen molar-refractivity contribution in [2.45, 2.75) is 32.8 Å². The molecule has 0 saturated carbocycles. The normalized spacial score (nSPS) is 11.4. The minimum Gasteiger partial charge on any atom is -0.468 e. The topological polar surface area (TPSA) is 26.3 Å². The van der Waals surface area contributed by atoms with Gasteiger partial charge in [0.05, 0.1) is 6.10 Å². The number of hydrogen-bond donors (Lipinski definition) is 0. The van der Waals surface area contributed by atoms with Crippen LogP contribution in [-0.4, -0.2) is 12.6 Å². The maximum atomic E-state index is 9.74. The molecular formula is C7H13O2Y+2. The summed E-state index contributed by atoms with van der Waals surface area (Å²) in [4.78, 5) is 9.74. The van der Waals surface area contributed by atoms with Gasteiger partial charge in [0, 0.05) is 0 Å². The summed E-state index contributed by atoms with van der Waals surface area (Å²) in [6.07, 6.45) is 4.03. The minimum absolute atomic E-state index is 0. The average molecular weight is 218 g/mol. The molecule has 0 rings (SSSR count). The van der Waals surface area contributed by atoms with Crippen LogP contribution < -0.4 is 0 Å². The molecule has 10 heavy (non-hydrogen) atoms. The second-order valence-electron chi connectivity index (χ2n) is 1.98. The van der Waals surface area contributed by atoms with Crippen LogP contribution in [0.3, 0.4) is 0 Å². The Hall–Kier alpha value is 0.574. The first kappa shape index (κ1) is 13.2. The number of hydrogen-bond acceptors (Lipinski definition) is 2. The molecule has 1 unspecified atom stereocenters. The first-order chi connectivity index (χ1) is 4.31. The first-order valence-electron chi connectivity index (χ1n) is 3.22. The number of carbonyl (C=O) groups excluding carboxylic acids is 1. The van der Waals surface area contributed by atoms with E-state index in [4.69, 9.17) is 0 Å². The number of unbranched alkanes of at least 4 members (excludes halogenated alkanes) is 1. The van der Waals surface area contributed by atoms with Crippen LogP contribution in [0.4, 0.5) is 0 Å². The van der Waals surface area contributed by atoms with E-state index in [1.807, 2.05) is 6.92 Å². The molecule has 0 radical (unpaired) electrons. The van der Waals surface area contributed by atoms with Gasteiger partial charge in [-0.2, -0.15) is 6.42 Å². The van der Waals surface area contributed by atoms with Crippen LogP contribution in [0.15, 0.2) is 0 Å². The van der Waals surface area contributed by atoms with Gasteiger partial charge in [-0.1, -0.05) is 6.92 Å². The molecule has 0 aliphatic carbocycles. The van der Waals surface area contributed by atoms with E-state index in [2.05, 4.69) is 18.1 Å². The van der Waals surface area contributed by atoms with Crippen LogP contribution in [-0.2, 0) is 42.2 Å². The Morgan fingerprint density at radius 2 is 2.30 bits per heavy atom. The van der Waals surface area contributed by atoms with Crippen LogP contribution in [0, 0.1) is 6.42 Å². The summed E-state index contributed by atoms with van der Waals surface area (Å²) in [6, 6.07) is 0. The Morgan fingerprint density at radius 1 is 1.70 bits per heavy atom. The molecular weight excluding hydrogens is 205 g/mol. The molecule has 1 atom stereocenters. The Kier molecular flexibility index (Phi) is 12.6. The van der Waals surface area contributed by atoms with Gasteiger partial charge in [-0.05, 0) is 6.92 Å².